The first-order valence-electron chi connectivity index (χ1n) is 10.7. The maximum atomic E-state index is 12.8. The van der Waals surface area contributed by atoms with Crippen molar-refractivity contribution in [1.82, 2.24) is 9.62 Å². The van der Waals surface area contributed by atoms with E-state index in [1.807, 2.05) is 19.1 Å². The number of rotatable bonds is 9. The fraction of sp³-hybridized carbons (Fsp3) is 0.682. The Morgan fingerprint density at radius 2 is 1.61 bits per heavy atom. The first-order valence-corrected chi connectivity index (χ1v) is 12.1. The van der Waals surface area contributed by atoms with Gasteiger partial charge in [0.2, 0.25) is 15.9 Å². The normalized spacial score (nSPS) is 17.3. The van der Waals surface area contributed by atoms with Crippen molar-refractivity contribution in [2.45, 2.75) is 83.1 Å². The maximum absolute atomic E-state index is 12.8. The average molecular weight is 409 g/mol. The molecule has 1 N–H and O–H groups in total. The van der Waals surface area contributed by atoms with Crippen LogP contribution in [0.25, 0.3) is 0 Å². The van der Waals surface area contributed by atoms with Gasteiger partial charge in [-0.25, -0.2) is 8.42 Å². The predicted octanol–water partition coefficient (Wildman–Crippen LogP) is 4.12. The van der Waals surface area contributed by atoms with Crippen LogP contribution in [0, 0.1) is 5.92 Å². The zero-order chi connectivity index (χ0) is 20.6. The molecule has 1 aliphatic heterocycles. The number of hydrogen-bond donors (Lipinski definition) is 1. The molecule has 0 radical (unpaired) electrons. The van der Waals surface area contributed by atoms with E-state index in [0.717, 1.165) is 44.1 Å². The van der Waals surface area contributed by atoms with Gasteiger partial charge in [-0.05, 0) is 62.6 Å². The summed E-state index contributed by atoms with van der Waals surface area (Å²) in [7, 11) is -3.41. The van der Waals surface area contributed by atoms with Crippen LogP contribution in [0.5, 0.6) is 0 Å². The second-order valence-corrected chi connectivity index (χ2v) is 10.3. The summed E-state index contributed by atoms with van der Waals surface area (Å²) in [6.45, 7) is 7.64. The number of benzene rings is 1. The molecule has 1 heterocycles. The highest BCUT2D eigenvalue weighted by Crippen LogP contribution is 2.21. The molecular formula is C22H36N2O3S. The number of aryl methyl sites for hydroxylation is 1. The molecule has 6 heteroatoms. The third kappa shape index (κ3) is 7.21. The quantitative estimate of drug-likeness (QED) is 0.668. The van der Waals surface area contributed by atoms with Gasteiger partial charge in [0.25, 0.3) is 0 Å². The topological polar surface area (TPSA) is 66.5 Å². The summed E-state index contributed by atoms with van der Waals surface area (Å²) in [6.07, 6.45) is 7.20. The minimum absolute atomic E-state index is 0.0533. The Hall–Kier alpha value is -1.40. The minimum atomic E-state index is -3.41. The van der Waals surface area contributed by atoms with Crippen LogP contribution in [-0.4, -0.2) is 37.8 Å². The molecule has 1 amide bonds. The van der Waals surface area contributed by atoms with E-state index >= 15 is 0 Å². The summed E-state index contributed by atoms with van der Waals surface area (Å²) in [4.78, 5) is 12.5. The Labute approximate surface area is 170 Å². The van der Waals surface area contributed by atoms with E-state index in [9.17, 15) is 13.2 Å². The van der Waals surface area contributed by atoms with E-state index in [2.05, 4.69) is 19.2 Å². The van der Waals surface area contributed by atoms with E-state index < -0.39 is 10.0 Å². The molecule has 1 aromatic carbocycles. The lowest BCUT2D eigenvalue weighted by Gasteiger charge is -2.20. The fourth-order valence-electron chi connectivity index (χ4n) is 3.52. The molecule has 1 fully saturated rings. The molecule has 158 valence electrons. The van der Waals surface area contributed by atoms with Crippen molar-refractivity contribution in [2.75, 3.05) is 13.1 Å². The van der Waals surface area contributed by atoms with Crippen LogP contribution < -0.4 is 5.32 Å². The summed E-state index contributed by atoms with van der Waals surface area (Å²) < 4.78 is 27.2. The van der Waals surface area contributed by atoms with Crippen LogP contribution in [0.4, 0.5) is 0 Å². The van der Waals surface area contributed by atoms with Gasteiger partial charge < -0.3 is 5.32 Å². The first-order chi connectivity index (χ1) is 13.3. The number of sulfonamides is 1. The minimum Gasteiger partial charge on any atom is -0.354 e. The molecule has 0 spiro atoms. The number of carbonyl (C=O) groups is 1. The monoisotopic (exact) mass is 408 g/mol. The third-order valence-corrected chi connectivity index (χ3v) is 7.26. The summed E-state index contributed by atoms with van der Waals surface area (Å²) in [6, 6.07) is 7.22. The average Bonchev–Trinajstić information content (AvgIpc) is 2.95. The molecule has 0 aromatic heterocycles. The van der Waals surface area contributed by atoms with E-state index in [4.69, 9.17) is 0 Å². The number of amides is 1. The Morgan fingerprint density at radius 3 is 2.18 bits per heavy atom. The standard InChI is InChI=1S/C22H36N2O3S/c1-18(2)8-9-19(3)23-22(25)15-12-20-10-13-21(14-11-20)28(26,27)24-16-6-4-5-7-17-24/h10-11,13-14,18-19H,4-9,12,15-17H2,1-3H3,(H,23,25). The lowest BCUT2D eigenvalue weighted by atomic mass is 10.0. The highest BCUT2D eigenvalue weighted by atomic mass is 32.2. The van der Waals surface area contributed by atoms with E-state index in [0.29, 0.717) is 36.7 Å². The summed E-state index contributed by atoms with van der Waals surface area (Å²) in [5, 5.41) is 3.05. The van der Waals surface area contributed by atoms with Gasteiger partial charge in [0.15, 0.2) is 0 Å². The molecule has 0 bridgehead atoms. The number of hydrogen-bond acceptors (Lipinski definition) is 3. The molecule has 5 nitrogen and oxygen atoms in total. The smallest absolute Gasteiger partial charge is 0.243 e. The van der Waals surface area contributed by atoms with Gasteiger partial charge in [-0.1, -0.05) is 38.8 Å². The second kappa shape index (κ2) is 11.0. The van der Waals surface area contributed by atoms with Crippen molar-refractivity contribution in [3.63, 3.8) is 0 Å². The Bertz CT molecular complexity index is 706. The van der Waals surface area contributed by atoms with E-state index in [-0.39, 0.29) is 11.9 Å². The SMILES string of the molecule is CC(C)CCC(C)NC(=O)CCc1ccc(S(=O)(=O)N2CCCCCC2)cc1. The molecule has 0 saturated carbocycles. The molecule has 1 unspecified atom stereocenters. The van der Waals surface area contributed by atoms with Crippen LogP contribution in [0.1, 0.15) is 71.3 Å². The molecule has 1 atom stereocenters. The molecule has 1 aromatic rings. The molecular weight excluding hydrogens is 372 g/mol. The Kier molecular flexibility index (Phi) is 8.96. The van der Waals surface area contributed by atoms with Gasteiger partial charge in [0.1, 0.15) is 0 Å². The number of carbonyl (C=O) groups excluding carboxylic acids is 1. The Balaban J connectivity index is 1.86. The summed E-state index contributed by atoms with van der Waals surface area (Å²) in [5.41, 5.74) is 0.986. The van der Waals surface area contributed by atoms with Gasteiger partial charge >= 0.3 is 0 Å². The van der Waals surface area contributed by atoms with Crippen molar-refractivity contribution in [1.29, 1.82) is 0 Å². The van der Waals surface area contributed by atoms with Crippen molar-refractivity contribution >= 4 is 15.9 Å². The van der Waals surface area contributed by atoms with Gasteiger partial charge in [0, 0.05) is 25.6 Å². The van der Waals surface area contributed by atoms with Gasteiger partial charge in [-0.2, -0.15) is 4.31 Å². The highest BCUT2D eigenvalue weighted by Gasteiger charge is 2.24. The van der Waals surface area contributed by atoms with Crippen molar-refractivity contribution in [2.24, 2.45) is 5.92 Å². The van der Waals surface area contributed by atoms with Crippen LogP contribution in [-0.2, 0) is 21.2 Å². The molecule has 0 aliphatic carbocycles. The highest BCUT2D eigenvalue weighted by molar-refractivity contribution is 7.89. The fourth-order valence-corrected chi connectivity index (χ4v) is 5.04. The van der Waals surface area contributed by atoms with Gasteiger partial charge in [0.05, 0.1) is 4.90 Å². The third-order valence-electron chi connectivity index (χ3n) is 5.35. The Morgan fingerprint density at radius 1 is 1.00 bits per heavy atom. The molecule has 28 heavy (non-hydrogen) atoms. The van der Waals surface area contributed by atoms with Crippen LogP contribution in [0.2, 0.25) is 0 Å². The lowest BCUT2D eigenvalue weighted by molar-refractivity contribution is -0.121. The van der Waals surface area contributed by atoms with Crippen LogP contribution >= 0.6 is 0 Å². The predicted molar refractivity (Wildman–Crippen MR) is 114 cm³/mol. The first kappa shape index (κ1) is 22.9. The number of nitrogens with one attached hydrogen (secondary N) is 1. The van der Waals surface area contributed by atoms with Crippen molar-refractivity contribution < 1.29 is 13.2 Å². The lowest BCUT2D eigenvalue weighted by Crippen LogP contribution is -2.32. The second-order valence-electron chi connectivity index (χ2n) is 8.40. The zero-order valence-corrected chi connectivity index (χ0v) is 18.4. The molecule has 2 rings (SSSR count). The van der Waals surface area contributed by atoms with E-state index in [1.165, 1.54) is 0 Å². The van der Waals surface area contributed by atoms with Crippen molar-refractivity contribution in [3.8, 4) is 0 Å². The summed E-state index contributed by atoms with van der Waals surface area (Å²) in [5.74, 6) is 0.695. The summed E-state index contributed by atoms with van der Waals surface area (Å²) >= 11 is 0. The molecule has 1 saturated heterocycles. The van der Waals surface area contributed by atoms with Crippen LogP contribution in [0.15, 0.2) is 29.2 Å². The maximum Gasteiger partial charge on any atom is 0.243 e. The van der Waals surface area contributed by atoms with Gasteiger partial charge in [-0.3, -0.25) is 4.79 Å². The van der Waals surface area contributed by atoms with Crippen LogP contribution in [0.3, 0.4) is 0 Å². The largest absolute Gasteiger partial charge is 0.354 e. The van der Waals surface area contributed by atoms with E-state index in [1.54, 1.807) is 16.4 Å². The molecule has 1 aliphatic rings. The zero-order valence-electron chi connectivity index (χ0n) is 17.6. The number of nitrogens with zero attached hydrogens (tertiary/aromatic N) is 1. The van der Waals surface area contributed by atoms with Gasteiger partial charge in [-0.15, -0.1) is 0 Å². The van der Waals surface area contributed by atoms with Crippen molar-refractivity contribution in [3.05, 3.63) is 29.8 Å².